The highest BCUT2D eigenvalue weighted by Crippen LogP contribution is 2.39. The number of nitrogens with zero attached hydrogens (tertiary/aromatic N) is 1. The first-order valence-corrected chi connectivity index (χ1v) is 10.4. The molecule has 0 saturated carbocycles. The van der Waals surface area contributed by atoms with Gasteiger partial charge in [-0.05, 0) is 42.8 Å². The van der Waals surface area contributed by atoms with Crippen LogP contribution in [0.3, 0.4) is 0 Å². The van der Waals surface area contributed by atoms with Crippen LogP contribution in [-0.2, 0) is 15.0 Å². The Balaban J connectivity index is 1.85. The van der Waals surface area contributed by atoms with E-state index in [1.54, 1.807) is 16.9 Å². The second kappa shape index (κ2) is 8.26. The fourth-order valence-electron chi connectivity index (χ4n) is 3.08. The lowest BCUT2D eigenvalue weighted by molar-refractivity contribution is -0.117. The molecule has 1 amide bonds. The number of amides is 1. The third-order valence-electron chi connectivity index (χ3n) is 4.48. The molecule has 1 heterocycles. The zero-order valence-electron chi connectivity index (χ0n) is 15.5. The number of aliphatic hydroxyl groups is 1. The highest BCUT2D eigenvalue weighted by Gasteiger charge is 2.37. The van der Waals surface area contributed by atoms with E-state index >= 15 is 4.39 Å². The van der Waals surface area contributed by atoms with Crippen molar-refractivity contribution in [3.63, 3.8) is 0 Å². The molecular formula is C19H21FN2O6S. The van der Waals surface area contributed by atoms with E-state index in [9.17, 15) is 18.3 Å². The smallest absolute Gasteiger partial charge is 0.326 e. The first kappa shape index (κ1) is 20.9. The third-order valence-corrected chi connectivity index (χ3v) is 5.86. The number of fused-ring (bicyclic) bond motifs is 1. The Morgan fingerprint density at radius 3 is 2.72 bits per heavy atom. The largest absolute Gasteiger partial charge is 0.506 e. The number of nitrogens with one attached hydrogen (secondary N) is 1. The van der Waals surface area contributed by atoms with Crippen LogP contribution in [0, 0.1) is 5.82 Å². The lowest BCUT2D eigenvalue weighted by atomic mass is 10.1. The number of ether oxygens (including phenoxy) is 1. The number of aromatic hydroxyl groups is 1. The Morgan fingerprint density at radius 1 is 1.31 bits per heavy atom. The molecule has 156 valence electrons. The monoisotopic (exact) mass is 424 g/mol. The highest BCUT2D eigenvalue weighted by atomic mass is 32.2. The van der Waals surface area contributed by atoms with Crippen molar-refractivity contribution in [2.24, 2.45) is 0 Å². The van der Waals surface area contributed by atoms with Gasteiger partial charge in [0.1, 0.15) is 23.7 Å². The summed E-state index contributed by atoms with van der Waals surface area (Å²) < 4.78 is 47.0. The Hall–Kier alpha value is -2.85. The topological polar surface area (TPSA) is 116 Å². The van der Waals surface area contributed by atoms with Gasteiger partial charge in [0.15, 0.2) is 5.82 Å². The maximum atomic E-state index is 15.1. The van der Waals surface area contributed by atoms with E-state index in [0.717, 1.165) is 5.57 Å². The Morgan fingerprint density at radius 2 is 2.07 bits per heavy atom. The molecule has 1 saturated heterocycles. The maximum absolute atomic E-state index is 15.1. The van der Waals surface area contributed by atoms with Crippen molar-refractivity contribution in [3.8, 4) is 11.5 Å². The number of hydrogen-bond acceptors (Lipinski definition) is 6. The quantitative estimate of drug-likeness (QED) is 0.441. The molecule has 8 nitrogen and oxygen atoms in total. The van der Waals surface area contributed by atoms with E-state index in [1.807, 2.05) is 0 Å². The minimum absolute atomic E-state index is 0.0483. The van der Waals surface area contributed by atoms with Crippen LogP contribution in [0.4, 0.5) is 10.1 Å². The van der Waals surface area contributed by atoms with Gasteiger partial charge in [0.2, 0.25) is 0 Å². The number of rotatable bonds is 8. The average molecular weight is 424 g/mol. The molecule has 0 radical (unpaired) electrons. The summed E-state index contributed by atoms with van der Waals surface area (Å²) in [5.74, 6) is -2.00. The van der Waals surface area contributed by atoms with Crippen LogP contribution in [0.15, 0.2) is 36.4 Å². The summed E-state index contributed by atoms with van der Waals surface area (Å²) >= 11 is 0. The van der Waals surface area contributed by atoms with Gasteiger partial charge in [-0.25, -0.2) is 13.4 Å². The fourth-order valence-corrected chi connectivity index (χ4v) is 4.24. The van der Waals surface area contributed by atoms with Crippen LogP contribution in [0.1, 0.15) is 19.3 Å². The van der Waals surface area contributed by atoms with Gasteiger partial charge in [-0.3, -0.25) is 4.79 Å². The first-order valence-electron chi connectivity index (χ1n) is 8.92. The van der Waals surface area contributed by atoms with E-state index in [4.69, 9.17) is 9.84 Å². The van der Waals surface area contributed by atoms with Gasteiger partial charge in [0.05, 0.1) is 6.61 Å². The average Bonchev–Trinajstić information content (AvgIpc) is 2.91. The van der Waals surface area contributed by atoms with E-state index in [2.05, 4.69) is 6.58 Å². The minimum atomic E-state index is -4.27. The summed E-state index contributed by atoms with van der Waals surface area (Å²) in [4.78, 5) is 11.4. The number of carbonyl (C=O) groups excluding carboxylic acids is 1. The highest BCUT2D eigenvalue weighted by molar-refractivity contribution is 7.92. The number of phenols is 1. The van der Waals surface area contributed by atoms with Crippen LogP contribution < -0.4 is 13.8 Å². The second-order valence-corrected chi connectivity index (χ2v) is 8.25. The zero-order valence-corrected chi connectivity index (χ0v) is 16.3. The fraction of sp³-hybridized carbons (Fsp3) is 0.316. The SMILES string of the molecule is C=C(CCO)CCCOc1ccc2cc(O)c(N3CC(=O)NS3(=O)=O)c(F)c2c1. The standard InChI is InChI=1S/C19H21FN2O6S/c1-12(6-7-23)3-2-8-28-14-5-4-13-9-16(24)19(18(20)15(13)10-14)22-11-17(25)21-29(22,26)27/h4-5,9-10,23-24H,1-3,6-8,11H2,(H,21,25). The molecule has 3 rings (SSSR count). The molecule has 3 N–H and O–H groups in total. The minimum Gasteiger partial charge on any atom is -0.506 e. The van der Waals surface area contributed by atoms with E-state index in [1.165, 1.54) is 12.1 Å². The summed E-state index contributed by atoms with van der Waals surface area (Å²) in [5.41, 5.74) is 0.323. The number of aliphatic hydroxyl groups excluding tert-OH is 1. The van der Waals surface area contributed by atoms with Crippen LogP contribution in [0.25, 0.3) is 10.8 Å². The Labute approximate surface area is 167 Å². The van der Waals surface area contributed by atoms with E-state index < -0.39 is 39.9 Å². The third kappa shape index (κ3) is 4.43. The molecule has 0 aliphatic carbocycles. The van der Waals surface area contributed by atoms with Crippen molar-refractivity contribution in [1.29, 1.82) is 0 Å². The Bertz CT molecular complexity index is 1070. The van der Waals surface area contributed by atoms with Gasteiger partial charge in [0, 0.05) is 12.0 Å². The molecule has 0 atom stereocenters. The molecular weight excluding hydrogens is 403 g/mol. The normalized spacial score (nSPS) is 15.5. The summed E-state index contributed by atoms with van der Waals surface area (Å²) in [6.45, 7) is 3.62. The molecule has 0 bridgehead atoms. The van der Waals surface area contributed by atoms with E-state index in [0.29, 0.717) is 41.3 Å². The number of hydrogen-bond donors (Lipinski definition) is 3. The molecule has 2 aromatic rings. The van der Waals surface area contributed by atoms with Crippen LogP contribution >= 0.6 is 0 Å². The van der Waals surface area contributed by atoms with Gasteiger partial charge in [-0.2, -0.15) is 8.42 Å². The summed E-state index contributed by atoms with van der Waals surface area (Å²) in [6.07, 6.45) is 1.89. The molecule has 1 fully saturated rings. The number of anilines is 1. The van der Waals surface area contributed by atoms with Gasteiger partial charge in [0.25, 0.3) is 5.91 Å². The van der Waals surface area contributed by atoms with Crippen molar-refractivity contribution in [2.75, 3.05) is 24.1 Å². The van der Waals surface area contributed by atoms with Gasteiger partial charge in [-0.1, -0.05) is 18.2 Å². The van der Waals surface area contributed by atoms with Crippen LogP contribution in [0.5, 0.6) is 11.5 Å². The van der Waals surface area contributed by atoms with Gasteiger partial charge in [-0.15, -0.1) is 0 Å². The maximum Gasteiger partial charge on any atom is 0.326 e. The zero-order chi connectivity index (χ0) is 21.2. The van der Waals surface area contributed by atoms with E-state index in [-0.39, 0.29) is 12.0 Å². The molecule has 1 aliphatic rings. The number of phenolic OH excluding ortho intramolecular Hbond substituents is 1. The van der Waals surface area contributed by atoms with Crippen molar-refractivity contribution in [1.82, 2.24) is 4.72 Å². The van der Waals surface area contributed by atoms with Crippen LogP contribution in [-0.4, -0.2) is 44.3 Å². The van der Waals surface area contributed by atoms with Crippen molar-refractivity contribution >= 4 is 32.6 Å². The Kier molecular flexibility index (Phi) is 5.94. The molecule has 10 heteroatoms. The van der Waals surface area contributed by atoms with Crippen LogP contribution in [0.2, 0.25) is 0 Å². The van der Waals surface area contributed by atoms with Crippen molar-refractivity contribution < 1.29 is 32.6 Å². The second-order valence-electron chi connectivity index (χ2n) is 6.65. The number of halogens is 1. The molecule has 0 spiro atoms. The summed E-state index contributed by atoms with van der Waals surface area (Å²) in [7, 11) is -4.27. The number of benzene rings is 2. The molecule has 0 aromatic heterocycles. The first-order chi connectivity index (χ1) is 13.7. The lowest BCUT2D eigenvalue weighted by Crippen LogP contribution is -2.30. The molecule has 29 heavy (non-hydrogen) atoms. The van der Waals surface area contributed by atoms with Gasteiger partial charge < -0.3 is 14.9 Å². The molecule has 1 aliphatic heterocycles. The van der Waals surface area contributed by atoms with Crippen molar-refractivity contribution in [2.45, 2.75) is 19.3 Å². The molecule has 0 unspecified atom stereocenters. The predicted molar refractivity (Wildman–Crippen MR) is 106 cm³/mol. The number of carbonyl (C=O) groups is 1. The summed E-state index contributed by atoms with van der Waals surface area (Å²) in [6, 6.07) is 5.80. The summed E-state index contributed by atoms with van der Waals surface area (Å²) in [5, 5.41) is 19.4. The predicted octanol–water partition coefficient (Wildman–Crippen LogP) is 1.96. The van der Waals surface area contributed by atoms with Gasteiger partial charge >= 0.3 is 10.2 Å². The molecule has 2 aromatic carbocycles. The van der Waals surface area contributed by atoms with Crippen molar-refractivity contribution in [3.05, 3.63) is 42.2 Å². The lowest BCUT2D eigenvalue weighted by Gasteiger charge is -2.18.